The second-order valence-corrected chi connectivity index (χ2v) is 3.97. The number of likely N-dealkylation sites (N-methyl/N-ethyl adjacent to an activating group) is 2. The van der Waals surface area contributed by atoms with E-state index >= 15 is 0 Å². The van der Waals surface area contributed by atoms with Gasteiger partial charge in [-0.15, -0.1) is 0 Å². The first-order valence-electron chi connectivity index (χ1n) is 5.38. The van der Waals surface area contributed by atoms with Crippen LogP contribution >= 0.6 is 0 Å². The molecule has 6 nitrogen and oxygen atoms in total. The Hall–Kier alpha value is -2.08. The third-order valence-corrected chi connectivity index (χ3v) is 2.40. The number of nitrogens with zero attached hydrogens (tertiary/aromatic N) is 1. The molecule has 3 N–H and O–H groups in total. The van der Waals surface area contributed by atoms with Crippen LogP contribution in [0.2, 0.25) is 0 Å². The lowest BCUT2D eigenvalue weighted by Gasteiger charge is -2.14. The summed E-state index contributed by atoms with van der Waals surface area (Å²) in [5.74, 6) is -1.03. The van der Waals surface area contributed by atoms with E-state index in [9.17, 15) is 14.7 Å². The molecule has 18 heavy (non-hydrogen) atoms. The number of Topliss-reactive ketones (excluding diaryl/α,β-unsaturated/α-hetero) is 1. The van der Waals surface area contributed by atoms with Gasteiger partial charge in [-0.1, -0.05) is 0 Å². The molecule has 0 atom stereocenters. The van der Waals surface area contributed by atoms with Gasteiger partial charge in [0.05, 0.1) is 13.1 Å². The molecule has 1 amide bonds. The van der Waals surface area contributed by atoms with Crippen molar-refractivity contribution < 1.29 is 19.8 Å². The second-order valence-electron chi connectivity index (χ2n) is 3.97. The Balaban J connectivity index is 2.64. The quantitative estimate of drug-likeness (QED) is 0.505. The van der Waals surface area contributed by atoms with Crippen LogP contribution in [0.1, 0.15) is 10.4 Å². The molecule has 0 heterocycles. The minimum absolute atomic E-state index is 0.0532. The first kappa shape index (κ1) is 14.0. The van der Waals surface area contributed by atoms with E-state index in [4.69, 9.17) is 5.11 Å². The number of hydrogen-bond acceptors (Lipinski definition) is 5. The summed E-state index contributed by atoms with van der Waals surface area (Å²) >= 11 is 0. The van der Waals surface area contributed by atoms with Crippen LogP contribution in [0.25, 0.3) is 0 Å². The minimum atomic E-state index is -0.338. The number of phenols is 2. The predicted octanol–water partition coefficient (Wildman–Crippen LogP) is -0.0417. The molecule has 0 fully saturated rings. The summed E-state index contributed by atoms with van der Waals surface area (Å²) in [7, 11) is 3.17. The van der Waals surface area contributed by atoms with Crippen molar-refractivity contribution in [3.8, 4) is 11.5 Å². The first-order chi connectivity index (χ1) is 8.43. The molecule has 0 saturated heterocycles. The number of benzene rings is 1. The number of rotatable bonds is 5. The number of carbonyl (C=O) groups is 2. The summed E-state index contributed by atoms with van der Waals surface area (Å²) in [5, 5.41) is 20.9. The Kier molecular flexibility index (Phi) is 4.67. The molecule has 0 aliphatic rings. The maximum absolute atomic E-state index is 11.8. The average Bonchev–Trinajstić information content (AvgIpc) is 2.32. The lowest BCUT2D eigenvalue weighted by Crippen LogP contribution is -2.36. The maximum atomic E-state index is 11.8. The molecule has 1 aromatic rings. The van der Waals surface area contributed by atoms with Gasteiger partial charge in [0.1, 0.15) is 0 Å². The summed E-state index contributed by atoms with van der Waals surface area (Å²) in [5.41, 5.74) is 0.286. The summed E-state index contributed by atoms with van der Waals surface area (Å²) in [6, 6.07) is 3.87. The van der Waals surface area contributed by atoms with Gasteiger partial charge < -0.3 is 15.5 Å². The molecule has 0 radical (unpaired) electrons. The van der Waals surface area contributed by atoms with Crippen molar-refractivity contribution in [2.75, 3.05) is 27.2 Å². The van der Waals surface area contributed by atoms with E-state index in [2.05, 4.69) is 5.32 Å². The van der Waals surface area contributed by atoms with E-state index in [-0.39, 0.29) is 41.8 Å². The van der Waals surface area contributed by atoms with E-state index in [0.29, 0.717) is 0 Å². The van der Waals surface area contributed by atoms with Crippen molar-refractivity contribution in [2.45, 2.75) is 0 Å². The Morgan fingerprint density at radius 1 is 1.22 bits per heavy atom. The summed E-state index contributed by atoms with van der Waals surface area (Å²) in [4.78, 5) is 24.5. The fourth-order valence-electron chi connectivity index (χ4n) is 1.41. The fraction of sp³-hybridized carbons (Fsp3) is 0.333. The third kappa shape index (κ3) is 3.74. The smallest absolute Gasteiger partial charge is 0.233 e. The molecule has 0 spiro atoms. The summed E-state index contributed by atoms with van der Waals surface area (Å²) < 4.78 is 0. The van der Waals surface area contributed by atoms with Crippen molar-refractivity contribution in [1.29, 1.82) is 0 Å². The van der Waals surface area contributed by atoms with E-state index in [1.807, 2.05) is 0 Å². The van der Waals surface area contributed by atoms with Gasteiger partial charge >= 0.3 is 0 Å². The molecule has 0 aliphatic carbocycles. The van der Waals surface area contributed by atoms with Crippen LogP contribution in [0.3, 0.4) is 0 Å². The van der Waals surface area contributed by atoms with Crippen molar-refractivity contribution in [3.05, 3.63) is 23.8 Å². The number of nitrogens with one attached hydrogen (secondary N) is 1. The zero-order valence-corrected chi connectivity index (χ0v) is 10.3. The summed E-state index contributed by atoms with van der Waals surface area (Å²) in [6.45, 7) is 0.171. The number of amides is 1. The number of phenolic OH excluding ortho intramolecular Hbond substituents is 2. The fourth-order valence-corrected chi connectivity index (χ4v) is 1.41. The SMILES string of the molecule is CNC(=O)CN(C)CC(=O)c1ccc(O)c(O)c1. The maximum Gasteiger partial charge on any atom is 0.233 e. The Morgan fingerprint density at radius 3 is 2.44 bits per heavy atom. The molecule has 1 rings (SSSR count). The average molecular weight is 252 g/mol. The predicted molar refractivity (Wildman–Crippen MR) is 65.7 cm³/mol. The van der Waals surface area contributed by atoms with Gasteiger partial charge in [-0.2, -0.15) is 0 Å². The Bertz CT molecular complexity index is 459. The highest BCUT2D eigenvalue weighted by Crippen LogP contribution is 2.24. The van der Waals surface area contributed by atoms with Gasteiger partial charge in [-0.25, -0.2) is 0 Å². The minimum Gasteiger partial charge on any atom is -0.504 e. The lowest BCUT2D eigenvalue weighted by atomic mass is 10.1. The van der Waals surface area contributed by atoms with Gasteiger partial charge in [-0.05, 0) is 25.2 Å². The molecule has 0 aromatic heterocycles. The molecular formula is C12H16N2O4. The van der Waals surface area contributed by atoms with E-state index in [0.717, 1.165) is 0 Å². The van der Waals surface area contributed by atoms with Crippen molar-refractivity contribution in [3.63, 3.8) is 0 Å². The molecule has 0 saturated carbocycles. The third-order valence-electron chi connectivity index (χ3n) is 2.40. The zero-order valence-electron chi connectivity index (χ0n) is 10.3. The first-order valence-corrected chi connectivity index (χ1v) is 5.38. The van der Waals surface area contributed by atoms with E-state index in [1.165, 1.54) is 25.2 Å². The number of carbonyl (C=O) groups excluding carboxylic acids is 2. The monoisotopic (exact) mass is 252 g/mol. The summed E-state index contributed by atoms with van der Waals surface area (Å²) in [6.07, 6.45) is 0. The molecule has 6 heteroatoms. The second kappa shape index (κ2) is 6.02. The van der Waals surface area contributed by atoms with Gasteiger partial charge in [0.25, 0.3) is 0 Å². The highest BCUT2D eigenvalue weighted by atomic mass is 16.3. The zero-order chi connectivity index (χ0) is 13.7. The van der Waals surface area contributed by atoms with Crippen LogP contribution in [-0.4, -0.2) is 54.0 Å². The van der Waals surface area contributed by atoms with Crippen molar-refractivity contribution >= 4 is 11.7 Å². The lowest BCUT2D eigenvalue weighted by molar-refractivity contribution is -0.121. The van der Waals surface area contributed by atoms with Crippen LogP contribution in [0, 0.1) is 0 Å². The van der Waals surface area contributed by atoms with Crippen LogP contribution in [0.4, 0.5) is 0 Å². The largest absolute Gasteiger partial charge is 0.504 e. The Labute approximate surface area is 105 Å². The van der Waals surface area contributed by atoms with Crippen LogP contribution < -0.4 is 5.32 Å². The molecular weight excluding hydrogens is 236 g/mol. The normalized spacial score (nSPS) is 10.4. The van der Waals surface area contributed by atoms with E-state index < -0.39 is 0 Å². The van der Waals surface area contributed by atoms with Gasteiger partial charge in [0.2, 0.25) is 5.91 Å². The molecule has 98 valence electrons. The van der Waals surface area contributed by atoms with Gasteiger partial charge in [0.15, 0.2) is 17.3 Å². The number of ketones is 1. The standard InChI is InChI=1S/C12H16N2O4/c1-13-12(18)7-14(2)6-11(17)8-3-4-9(15)10(16)5-8/h3-5,15-16H,6-7H2,1-2H3,(H,13,18). The van der Waals surface area contributed by atoms with Crippen molar-refractivity contribution in [2.24, 2.45) is 0 Å². The highest BCUT2D eigenvalue weighted by Gasteiger charge is 2.13. The topological polar surface area (TPSA) is 89.9 Å². The number of aromatic hydroxyl groups is 2. The van der Waals surface area contributed by atoms with E-state index in [1.54, 1.807) is 11.9 Å². The molecule has 0 aliphatic heterocycles. The van der Waals surface area contributed by atoms with Crippen LogP contribution in [-0.2, 0) is 4.79 Å². The van der Waals surface area contributed by atoms with Crippen molar-refractivity contribution in [1.82, 2.24) is 10.2 Å². The number of hydrogen-bond donors (Lipinski definition) is 3. The molecule has 0 bridgehead atoms. The Morgan fingerprint density at radius 2 is 1.89 bits per heavy atom. The highest BCUT2D eigenvalue weighted by molar-refractivity contribution is 5.98. The van der Waals surface area contributed by atoms with Crippen LogP contribution in [0.15, 0.2) is 18.2 Å². The molecule has 1 aromatic carbocycles. The van der Waals surface area contributed by atoms with Gasteiger partial charge in [0, 0.05) is 12.6 Å². The molecule has 0 unspecified atom stereocenters. The van der Waals surface area contributed by atoms with Gasteiger partial charge in [-0.3, -0.25) is 14.5 Å². The van der Waals surface area contributed by atoms with Crippen LogP contribution in [0.5, 0.6) is 11.5 Å².